The Hall–Kier alpha value is -1.53. The van der Waals surface area contributed by atoms with Gasteiger partial charge in [-0.3, -0.25) is 9.69 Å². The minimum absolute atomic E-state index is 0.00498. The molecule has 1 aromatic rings. The molecular weight excluding hydrogens is 288 g/mol. The number of carbonyl (C=O) groups excluding carboxylic acids is 1. The summed E-state index contributed by atoms with van der Waals surface area (Å²) in [6, 6.07) is 3.64. The summed E-state index contributed by atoms with van der Waals surface area (Å²) < 4.78 is 26.6. The van der Waals surface area contributed by atoms with E-state index in [0.717, 1.165) is 38.4 Å². The van der Waals surface area contributed by atoms with E-state index in [4.69, 9.17) is 0 Å². The molecule has 2 fully saturated rings. The molecule has 2 N–H and O–H groups in total. The summed E-state index contributed by atoms with van der Waals surface area (Å²) in [5, 5.41) is 6.25. The Morgan fingerprint density at radius 3 is 2.82 bits per heavy atom. The first-order valence-corrected chi connectivity index (χ1v) is 7.75. The van der Waals surface area contributed by atoms with Crippen LogP contribution in [0.25, 0.3) is 0 Å². The number of halogens is 2. The highest BCUT2D eigenvalue weighted by Crippen LogP contribution is 2.31. The molecule has 1 aromatic carbocycles. The molecule has 0 bridgehead atoms. The number of benzene rings is 1. The van der Waals surface area contributed by atoms with Gasteiger partial charge in [-0.2, -0.15) is 0 Å². The number of hydrogen-bond acceptors (Lipinski definition) is 3. The smallest absolute Gasteiger partial charge is 0.237 e. The molecule has 0 radical (unpaired) electrons. The zero-order chi connectivity index (χ0) is 15.7. The van der Waals surface area contributed by atoms with Gasteiger partial charge in [-0.1, -0.05) is 6.07 Å². The molecule has 120 valence electrons. The van der Waals surface area contributed by atoms with Crippen molar-refractivity contribution in [1.29, 1.82) is 0 Å². The first-order valence-electron chi connectivity index (χ1n) is 7.75. The Balaban J connectivity index is 1.75. The Morgan fingerprint density at radius 2 is 2.14 bits per heavy atom. The second-order valence-corrected chi connectivity index (χ2v) is 6.15. The van der Waals surface area contributed by atoms with Crippen molar-refractivity contribution in [2.45, 2.75) is 37.4 Å². The molecule has 2 saturated heterocycles. The lowest BCUT2D eigenvalue weighted by atomic mass is 9.99. The SMILES string of the molecule is CN1CCC(NC(=O)C2CCCN2)C1c1ccc(F)c(F)c1. The van der Waals surface area contributed by atoms with Crippen molar-refractivity contribution in [1.82, 2.24) is 15.5 Å². The van der Waals surface area contributed by atoms with Crippen molar-refractivity contribution in [2.75, 3.05) is 20.1 Å². The minimum atomic E-state index is -0.847. The fourth-order valence-corrected chi connectivity index (χ4v) is 3.47. The molecule has 0 aromatic heterocycles. The third kappa shape index (κ3) is 2.98. The molecule has 2 aliphatic rings. The molecule has 2 aliphatic heterocycles. The number of nitrogens with zero attached hydrogens (tertiary/aromatic N) is 1. The number of hydrogen-bond donors (Lipinski definition) is 2. The van der Waals surface area contributed by atoms with Gasteiger partial charge in [0, 0.05) is 12.6 Å². The molecular formula is C16H21F2N3O. The summed E-state index contributed by atoms with van der Waals surface area (Å²) in [6.45, 7) is 1.68. The maximum Gasteiger partial charge on any atom is 0.237 e. The van der Waals surface area contributed by atoms with Gasteiger partial charge < -0.3 is 10.6 Å². The summed E-state index contributed by atoms with van der Waals surface area (Å²) in [7, 11) is 1.94. The van der Waals surface area contributed by atoms with Gasteiger partial charge in [0.25, 0.3) is 0 Å². The predicted molar refractivity (Wildman–Crippen MR) is 79.3 cm³/mol. The van der Waals surface area contributed by atoms with Crippen molar-refractivity contribution < 1.29 is 13.6 Å². The van der Waals surface area contributed by atoms with E-state index >= 15 is 0 Å². The van der Waals surface area contributed by atoms with E-state index in [-0.39, 0.29) is 24.0 Å². The molecule has 6 heteroatoms. The standard InChI is InChI=1S/C16H21F2N3O/c1-21-8-6-13(20-16(22)14-3-2-7-19-14)15(21)10-4-5-11(17)12(18)9-10/h4-5,9,13-15,19H,2-3,6-8H2,1H3,(H,20,22). The lowest BCUT2D eigenvalue weighted by molar-refractivity contribution is -0.123. The highest BCUT2D eigenvalue weighted by Gasteiger charge is 2.36. The Bertz CT molecular complexity index is 560. The summed E-state index contributed by atoms with van der Waals surface area (Å²) in [6.07, 6.45) is 2.66. The molecule has 2 heterocycles. The van der Waals surface area contributed by atoms with Crippen LogP contribution < -0.4 is 10.6 Å². The molecule has 1 amide bonds. The van der Waals surface area contributed by atoms with E-state index in [1.165, 1.54) is 6.07 Å². The number of likely N-dealkylation sites (tertiary alicyclic amines) is 1. The molecule has 3 unspecified atom stereocenters. The van der Waals surface area contributed by atoms with Crippen molar-refractivity contribution in [2.24, 2.45) is 0 Å². The molecule has 22 heavy (non-hydrogen) atoms. The van der Waals surface area contributed by atoms with E-state index in [2.05, 4.69) is 15.5 Å². The van der Waals surface area contributed by atoms with Crippen molar-refractivity contribution >= 4 is 5.91 Å². The lowest BCUT2D eigenvalue weighted by Crippen LogP contribution is -2.46. The highest BCUT2D eigenvalue weighted by molar-refractivity contribution is 5.82. The van der Waals surface area contributed by atoms with Crippen LogP contribution in [0.5, 0.6) is 0 Å². The molecule has 3 atom stereocenters. The maximum absolute atomic E-state index is 13.5. The van der Waals surface area contributed by atoms with Crippen LogP contribution >= 0.6 is 0 Å². The van der Waals surface area contributed by atoms with Crippen LogP contribution in [0.4, 0.5) is 8.78 Å². The zero-order valence-electron chi connectivity index (χ0n) is 12.6. The molecule has 3 rings (SSSR count). The van der Waals surface area contributed by atoms with Crippen molar-refractivity contribution in [3.8, 4) is 0 Å². The average Bonchev–Trinajstić information content (AvgIpc) is 3.13. The lowest BCUT2D eigenvalue weighted by Gasteiger charge is -2.27. The summed E-state index contributed by atoms with van der Waals surface area (Å²) >= 11 is 0. The number of rotatable bonds is 3. The van der Waals surface area contributed by atoms with Gasteiger partial charge in [0.05, 0.1) is 12.1 Å². The molecule has 0 aliphatic carbocycles. The molecule has 0 spiro atoms. The van der Waals surface area contributed by atoms with Crippen LogP contribution in [0.2, 0.25) is 0 Å². The Labute approximate surface area is 128 Å². The number of likely N-dealkylation sites (N-methyl/N-ethyl adjacent to an activating group) is 1. The van der Waals surface area contributed by atoms with Gasteiger partial charge in [-0.05, 0) is 50.6 Å². The highest BCUT2D eigenvalue weighted by atomic mass is 19.2. The third-order valence-electron chi connectivity index (χ3n) is 4.64. The Morgan fingerprint density at radius 1 is 1.32 bits per heavy atom. The van der Waals surface area contributed by atoms with Gasteiger partial charge in [-0.15, -0.1) is 0 Å². The minimum Gasteiger partial charge on any atom is -0.350 e. The summed E-state index contributed by atoms with van der Waals surface area (Å²) in [4.78, 5) is 14.3. The summed E-state index contributed by atoms with van der Waals surface area (Å²) in [5.41, 5.74) is 0.698. The van der Waals surface area contributed by atoms with E-state index in [0.29, 0.717) is 5.56 Å². The second-order valence-electron chi connectivity index (χ2n) is 6.15. The van der Waals surface area contributed by atoms with Crippen LogP contribution in [-0.4, -0.2) is 43.0 Å². The van der Waals surface area contributed by atoms with E-state index < -0.39 is 11.6 Å². The maximum atomic E-state index is 13.5. The van der Waals surface area contributed by atoms with Gasteiger partial charge in [-0.25, -0.2) is 8.78 Å². The number of amides is 1. The fraction of sp³-hybridized carbons (Fsp3) is 0.562. The largest absolute Gasteiger partial charge is 0.350 e. The van der Waals surface area contributed by atoms with Crippen molar-refractivity contribution in [3.63, 3.8) is 0 Å². The first-order chi connectivity index (χ1) is 10.6. The average molecular weight is 309 g/mol. The number of nitrogens with one attached hydrogen (secondary N) is 2. The topological polar surface area (TPSA) is 44.4 Å². The second kappa shape index (κ2) is 6.30. The quantitative estimate of drug-likeness (QED) is 0.891. The van der Waals surface area contributed by atoms with E-state index in [1.807, 2.05) is 7.05 Å². The fourth-order valence-electron chi connectivity index (χ4n) is 3.47. The first kappa shape index (κ1) is 15.4. The van der Waals surface area contributed by atoms with Crippen LogP contribution in [0.15, 0.2) is 18.2 Å². The van der Waals surface area contributed by atoms with Crippen LogP contribution in [0, 0.1) is 11.6 Å². The predicted octanol–water partition coefficient (Wildman–Crippen LogP) is 1.58. The van der Waals surface area contributed by atoms with Crippen molar-refractivity contribution in [3.05, 3.63) is 35.4 Å². The molecule has 4 nitrogen and oxygen atoms in total. The van der Waals surface area contributed by atoms with Gasteiger partial charge >= 0.3 is 0 Å². The Kier molecular flexibility index (Phi) is 4.40. The number of carbonyl (C=O) groups is 1. The summed E-state index contributed by atoms with van der Waals surface area (Å²) in [5.74, 6) is -1.69. The third-order valence-corrected chi connectivity index (χ3v) is 4.64. The van der Waals surface area contributed by atoms with E-state index in [1.54, 1.807) is 6.07 Å². The van der Waals surface area contributed by atoms with Gasteiger partial charge in [0.15, 0.2) is 11.6 Å². The van der Waals surface area contributed by atoms with Crippen LogP contribution in [0.1, 0.15) is 30.9 Å². The van der Waals surface area contributed by atoms with Crippen LogP contribution in [-0.2, 0) is 4.79 Å². The van der Waals surface area contributed by atoms with Gasteiger partial charge in [0.1, 0.15) is 0 Å². The van der Waals surface area contributed by atoms with Gasteiger partial charge in [0.2, 0.25) is 5.91 Å². The molecule has 0 saturated carbocycles. The van der Waals surface area contributed by atoms with Crippen LogP contribution in [0.3, 0.4) is 0 Å². The van der Waals surface area contributed by atoms with E-state index in [9.17, 15) is 13.6 Å². The normalized spacial score (nSPS) is 29.0. The monoisotopic (exact) mass is 309 g/mol. The zero-order valence-corrected chi connectivity index (χ0v) is 12.6.